The van der Waals surface area contributed by atoms with Crippen molar-refractivity contribution in [2.45, 2.75) is 52.1 Å². The Morgan fingerprint density at radius 2 is 1.69 bits per heavy atom. The van der Waals surface area contributed by atoms with Gasteiger partial charge in [0.05, 0.1) is 0 Å². The summed E-state index contributed by atoms with van der Waals surface area (Å²) in [6, 6.07) is 5.10. The summed E-state index contributed by atoms with van der Waals surface area (Å²) >= 11 is 3.33. The first-order valence-electron chi connectivity index (χ1n) is 8.65. The van der Waals surface area contributed by atoms with E-state index in [0.717, 1.165) is 4.47 Å². The molecule has 7 nitrogen and oxygen atoms in total. The van der Waals surface area contributed by atoms with Crippen molar-refractivity contribution in [1.29, 1.82) is 0 Å². The number of primary amides is 1. The first kappa shape index (κ1) is 22.0. The van der Waals surface area contributed by atoms with Gasteiger partial charge < -0.3 is 21.7 Å². The minimum absolute atomic E-state index is 0.178. The molecule has 144 valence electrons. The number of hydrogen-bond donors (Lipinski definition) is 4. The first-order valence-corrected chi connectivity index (χ1v) is 9.45. The Hall–Kier alpha value is -2.09. The second kappa shape index (κ2) is 10.8. The van der Waals surface area contributed by atoms with Gasteiger partial charge in [-0.05, 0) is 43.0 Å². The Balaban J connectivity index is 2.75. The Labute approximate surface area is 162 Å². The highest BCUT2D eigenvalue weighted by Gasteiger charge is 2.26. The smallest absolute Gasteiger partial charge is 0.319 e. The number of carbonyl (C=O) groups is 3. The molecule has 0 aromatic heterocycles. The average Bonchev–Trinajstić information content (AvgIpc) is 2.55. The molecular formula is C18H27BrN4O3. The second-order valence-corrected chi connectivity index (χ2v) is 7.46. The van der Waals surface area contributed by atoms with Gasteiger partial charge in [0, 0.05) is 10.2 Å². The maximum atomic E-state index is 12.5. The third-order valence-corrected chi connectivity index (χ3v) is 4.20. The third kappa shape index (κ3) is 7.86. The highest BCUT2D eigenvalue weighted by atomic mass is 79.9. The predicted molar refractivity (Wildman–Crippen MR) is 106 cm³/mol. The van der Waals surface area contributed by atoms with Crippen LogP contribution in [-0.2, 0) is 9.59 Å². The van der Waals surface area contributed by atoms with E-state index in [1.165, 1.54) is 0 Å². The zero-order valence-electron chi connectivity index (χ0n) is 15.3. The molecule has 0 fully saturated rings. The Morgan fingerprint density at radius 3 is 2.19 bits per heavy atom. The minimum atomic E-state index is -0.760. The number of nitrogens with two attached hydrogens (primary N) is 1. The van der Waals surface area contributed by atoms with Crippen molar-refractivity contribution in [3.05, 3.63) is 28.7 Å². The van der Waals surface area contributed by atoms with E-state index in [1.807, 2.05) is 20.8 Å². The van der Waals surface area contributed by atoms with E-state index < -0.39 is 29.9 Å². The zero-order valence-corrected chi connectivity index (χ0v) is 16.9. The van der Waals surface area contributed by atoms with E-state index in [-0.39, 0.29) is 5.92 Å². The fourth-order valence-electron chi connectivity index (χ4n) is 2.41. The first-order chi connectivity index (χ1) is 12.2. The molecule has 0 radical (unpaired) electrons. The van der Waals surface area contributed by atoms with Crippen molar-refractivity contribution in [2.75, 3.05) is 5.32 Å². The van der Waals surface area contributed by atoms with E-state index in [0.29, 0.717) is 24.9 Å². The number of nitrogens with one attached hydrogen (secondary N) is 3. The van der Waals surface area contributed by atoms with Gasteiger partial charge in [-0.25, -0.2) is 4.79 Å². The number of urea groups is 1. The highest BCUT2D eigenvalue weighted by Crippen LogP contribution is 2.14. The molecule has 0 aliphatic rings. The van der Waals surface area contributed by atoms with Crippen molar-refractivity contribution >= 4 is 39.5 Å². The Bertz CT molecular complexity index is 619. The molecule has 0 aliphatic carbocycles. The largest absolute Gasteiger partial charge is 0.368 e. The molecular weight excluding hydrogens is 400 g/mol. The van der Waals surface area contributed by atoms with Crippen LogP contribution in [0.4, 0.5) is 10.5 Å². The molecule has 5 N–H and O–H groups in total. The van der Waals surface area contributed by atoms with Gasteiger partial charge >= 0.3 is 6.03 Å². The van der Waals surface area contributed by atoms with E-state index >= 15 is 0 Å². The number of anilines is 1. The monoisotopic (exact) mass is 426 g/mol. The summed E-state index contributed by atoms with van der Waals surface area (Å²) in [5, 5.41) is 8.00. The molecule has 8 heteroatoms. The molecule has 0 heterocycles. The lowest BCUT2D eigenvalue weighted by Gasteiger charge is -2.23. The van der Waals surface area contributed by atoms with Gasteiger partial charge in [0.2, 0.25) is 11.8 Å². The van der Waals surface area contributed by atoms with Crippen LogP contribution in [0.1, 0.15) is 40.0 Å². The summed E-state index contributed by atoms with van der Waals surface area (Å²) in [7, 11) is 0. The summed E-state index contributed by atoms with van der Waals surface area (Å²) in [4.78, 5) is 36.2. The highest BCUT2D eigenvalue weighted by molar-refractivity contribution is 9.10. The van der Waals surface area contributed by atoms with Crippen molar-refractivity contribution in [2.24, 2.45) is 11.7 Å². The lowest BCUT2D eigenvalue weighted by Crippen LogP contribution is -2.53. The topological polar surface area (TPSA) is 113 Å². The second-order valence-electron chi connectivity index (χ2n) is 6.54. The van der Waals surface area contributed by atoms with Crippen molar-refractivity contribution < 1.29 is 14.4 Å². The third-order valence-electron chi connectivity index (χ3n) is 3.67. The molecule has 1 aromatic carbocycles. The maximum Gasteiger partial charge on any atom is 0.319 e. The molecule has 26 heavy (non-hydrogen) atoms. The van der Waals surface area contributed by atoms with Crippen LogP contribution in [0, 0.1) is 5.92 Å². The van der Waals surface area contributed by atoms with Gasteiger partial charge in [0.25, 0.3) is 0 Å². The number of amides is 4. The van der Waals surface area contributed by atoms with E-state index in [2.05, 4.69) is 31.9 Å². The normalized spacial score (nSPS) is 13.0. The molecule has 0 saturated heterocycles. The lowest BCUT2D eigenvalue weighted by atomic mass is 10.0. The van der Waals surface area contributed by atoms with E-state index in [4.69, 9.17) is 5.73 Å². The quantitative estimate of drug-likeness (QED) is 0.486. The molecule has 0 saturated carbocycles. The molecule has 1 aromatic rings. The number of benzene rings is 1. The number of carbonyl (C=O) groups excluding carboxylic acids is 3. The Morgan fingerprint density at radius 1 is 1.08 bits per heavy atom. The molecule has 1 unspecified atom stereocenters. The number of halogens is 1. The summed E-state index contributed by atoms with van der Waals surface area (Å²) in [6.45, 7) is 5.80. The molecule has 0 aliphatic heterocycles. The van der Waals surface area contributed by atoms with Gasteiger partial charge in [-0.3, -0.25) is 9.59 Å². The van der Waals surface area contributed by atoms with Crippen LogP contribution in [0.2, 0.25) is 0 Å². The fourth-order valence-corrected chi connectivity index (χ4v) is 2.67. The summed E-state index contributed by atoms with van der Waals surface area (Å²) in [5.74, 6) is -0.818. The maximum absolute atomic E-state index is 12.5. The van der Waals surface area contributed by atoms with Gasteiger partial charge in [0.1, 0.15) is 12.1 Å². The number of hydrogen-bond acceptors (Lipinski definition) is 3. The standard InChI is InChI=1S/C18H27BrN4O3/c1-4-5-14(16(20)24)22-17(25)15(10-11(2)3)23-18(26)21-13-8-6-12(19)7-9-13/h6-9,11,14-15H,4-5,10H2,1-3H3,(H2,20,24)(H,22,25)(H2,21,23,26)/t14?,15-/m0/s1. The van der Waals surface area contributed by atoms with Gasteiger partial charge in [-0.2, -0.15) is 0 Å². The van der Waals surface area contributed by atoms with E-state index in [9.17, 15) is 14.4 Å². The molecule has 0 spiro atoms. The zero-order chi connectivity index (χ0) is 19.7. The average molecular weight is 427 g/mol. The van der Waals surface area contributed by atoms with Crippen LogP contribution in [0.15, 0.2) is 28.7 Å². The molecule has 4 amide bonds. The van der Waals surface area contributed by atoms with Crippen molar-refractivity contribution in [3.8, 4) is 0 Å². The predicted octanol–water partition coefficient (Wildman–Crippen LogP) is 2.76. The van der Waals surface area contributed by atoms with Crippen LogP contribution in [0.3, 0.4) is 0 Å². The van der Waals surface area contributed by atoms with Crippen LogP contribution in [0.25, 0.3) is 0 Å². The van der Waals surface area contributed by atoms with Crippen molar-refractivity contribution in [3.63, 3.8) is 0 Å². The molecule has 2 atom stereocenters. The molecule has 0 bridgehead atoms. The molecule has 1 rings (SSSR count). The number of rotatable bonds is 9. The minimum Gasteiger partial charge on any atom is -0.368 e. The van der Waals surface area contributed by atoms with Crippen LogP contribution in [0.5, 0.6) is 0 Å². The summed E-state index contributed by atoms with van der Waals surface area (Å²) in [5.41, 5.74) is 5.94. The summed E-state index contributed by atoms with van der Waals surface area (Å²) in [6.07, 6.45) is 1.61. The SMILES string of the molecule is CCCC(NC(=O)[C@H](CC(C)C)NC(=O)Nc1ccc(Br)cc1)C(N)=O. The van der Waals surface area contributed by atoms with Gasteiger partial charge in [-0.1, -0.05) is 43.1 Å². The van der Waals surface area contributed by atoms with Crippen LogP contribution < -0.4 is 21.7 Å². The fraction of sp³-hybridized carbons (Fsp3) is 0.500. The van der Waals surface area contributed by atoms with Crippen LogP contribution in [-0.4, -0.2) is 29.9 Å². The van der Waals surface area contributed by atoms with Gasteiger partial charge in [0.15, 0.2) is 0 Å². The lowest BCUT2D eigenvalue weighted by molar-refractivity contribution is -0.128. The Kier molecular flexibility index (Phi) is 9.12. The van der Waals surface area contributed by atoms with Crippen molar-refractivity contribution in [1.82, 2.24) is 10.6 Å². The summed E-state index contributed by atoms with van der Waals surface area (Å²) < 4.78 is 0.897. The van der Waals surface area contributed by atoms with E-state index in [1.54, 1.807) is 24.3 Å². The van der Waals surface area contributed by atoms with Crippen LogP contribution >= 0.6 is 15.9 Å². The van der Waals surface area contributed by atoms with Gasteiger partial charge in [-0.15, -0.1) is 0 Å².